The molecule has 0 aliphatic carbocycles. The molecular weight excluding hydrogens is 278 g/mol. The molecule has 8 heteroatoms. The van der Waals surface area contributed by atoms with Crippen LogP contribution in [0.5, 0.6) is 5.75 Å². The fourth-order valence-electron chi connectivity index (χ4n) is 1.69. The van der Waals surface area contributed by atoms with Gasteiger partial charge in [-0.05, 0) is 18.6 Å². The van der Waals surface area contributed by atoms with E-state index in [0.29, 0.717) is 0 Å². The van der Waals surface area contributed by atoms with Crippen LogP contribution in [0.1, 0.15) is 21.6 Å². The Kier molecular flexibility index (Phi) is 4.07. The molecule has 2 rings (SSSR count). The Labute approximate surface area is 119 Å². The highest BCUT2D eigenvalue weighted by molar-refractivity contribution is 5.88. The number of nitro benzene ring substituents is 1. The summed E-state index contributed by atoms with van der Waals surface area (Å²) < 4.78 is 5.34. The number of aromatic nitrogens is 2. The molecule has 0 unspecified atom stereocenters. The Balaban J connectivity index is 2.25. The Bertz CT molecular complexity index is 702. The minimum absolute atomic E-state index is 0.0561. The van der Waals surface area contributed by atoms with Crippen molar-refractivity contribution >= 4 is 11.7 Å². The highest BCUT2D eigenvalue weighted by Gasteiger charge is 2.17. The van der Waals surface area contributed by atoms with Crippen molar-refractivity contribution < 1.29 is 19.6 Å². The molecule has 0 atom stereocenters. The highest BCUT2D eigenvalue weighted by Crippen LogP contribution is 2.28. The predicted molar refractivity (Wildman–Crippen MR) is 71.2 cm³/mol. The number of carbonyl (C=O) groups is 1. The predicted octanol–water partition coefficient (Wildman–Crippen LogP) is 1.97. The van der Waals surface area contributed by atoms with Crippen LogP contribution in [0.25, 0.3) is 0 Å². The van der Waals surface area contributed by atoms with Gasteiger partial charge in [-0.25, -0.2) is 14.8 Å². The second-order valence-electron chi connectivity index (χ2n) is 4.21. The monoisotopic (exact) mass is 289 g/mol. The number of carboxylic acids is 1. The van der Waals surface area contributed by atoms with Crippen molar-refractivity contribution in [2.45, 2.75) is 13.5 Å². The molecule has 0 saturated heterocycles. The van der Waals surface area contributed by atoms with E-state index in [-0.39, 0.29) is 29.3 Å². The number of benzene rings is 1. The fourth-order valence-corrected chi connectivity index (χ4v) is 1.69. The van der Waals surface area contributed by atoms with Gasteiger partial charge in [0, 0.05) is 12.3 Å². The maximum atomic E-state index is 11.0. The van der Waals surface area contributed by atoms with Crippen molar-refractivity contribution in [2.24, 2.45) is 0 Å². The average molecular weight is 289 g/mol. The molecule has 0 spiro atoms. The first kappa shape index (κ1) is 14.4. The lowest BCUT2D eigenvalue weighted by molar-refractivity contribution is -0.386. The molecule has 1 N–H and O–H groups in total. The Morgan fingerprint density at radius 1 is 1.48 bits per heavy atom. The molecular formula is C13H11N3O5. The SMILES string of the molecule is Cc1ccc(OCc2ncncc2C(=O)O)c([N+](=O)[O-])c1. The second kappa shape index (κ2) is 5.95. The normalized spacial score (nSPS) is 10.1. The van der Waals surface area contributed by atoms with Crippen molar-refractivity contribution in [3.63, 3.8) is 0 Å². The van der Waals surface area contributed by atoms with E-state index in [1.165, 1.54) is 18.5 Å². The summed E-state index contributed by atoms with van der Waals surface area (Å²) in [6.45, 7) is 1.53. The quantitative estimate of drug-likeness (QED) is 0.660. The summed E-state index contributed by atoms with van der Waals surface area (Å²) in [6.07, 6.45) is 2.34. The van der Waals surface area contributed by atoms with Gasteiger partial charge in [-0.1, -0.05) is 6.07 Å². The molecule has 0 aliphatic heterocycles. The molecule has 1 aromatic carbocycles. The summed E-state index contributed by atoms with van der Waals surface area (Å²) in [7, 11) is 0. The molecule has 0 fully saturated rings. The molecule has 0 saturated carbocycles. The molecule has 0 amide bonds. The third kappa shape index (κ3) is 3.30. The summed E-state index contributed by atoms with van der Waals surface area (Å²) in [5.74, 6) is -1.13. The fraction of sp³-hybridized carbons (Fsp3) is 0.154. The Morgan fingerprint density at radius 3 is 2.90 bits per heavy atom. The van der Waals surface area contributed by atoms with Crippen LogP contribution in [0.4, 0.5) is 5.69 Å². The van der Waals surface area contributed by atoms with Crippen LogP contribution in [0.15, 0.2) is 30.7 Å². The van der Waals surface area contributed by atoms with Crippen molar-refractivity contribution in [1.82, 2.24) is 9.97 Å². The summed E-state index contributed by atoms with van der Waals surface area (Å²) in [6, 6.07) is 4.52. The van der Waals surface area contributed by atoms with E-state index in [9.17, 15) is 14.9 Å². The summed E-state index contributed by atoms with van der Waals surface area (Å²) in [4.78, 5) is 28.9. The van der Waals surface area contributed by atoms with Gasteiger partial charge >= 0.3 is 11.7 Å². The molecule has 1 aromatic heterocycles. The summed E-state index contributed by atoms with van der Waals surface area (Å²) in [5.41, 5.74) is 0.586. The van der Waals surface area contributed by atoms with E-state index in [4.69, 9.17) is 9.84 Å². The van der Waals surface area contributed by atoms with Gasteiger partial charge in [-0.2, -0.15) is 0 Å². The maximum absolute atomic E-state index is 11.0. The zero-order valence-electron chi connectivity index (χ0n) is 11.0. The largest absolute Gasteiger partial charge is 0.480 e. The zero-order chi connectivity index (χ0) is 15.4. The van der Waals surface area contributed by atoms with Crippen LogP contribution in [-0.4, -0.2) is 26.0 Å². The molecule has 0 radical (unpaired) electrons. The second-order valence-corrected chi connectivity index (χ2v) is 4.21. The first-order chi connectivity index (χ1) is 9.99. The van der Waals surface area contributed by atoms with E-state index >= 15 is 0 Å². The Hall–Kier alpha value is -3.03. The maximum Gasteiger partial charge on any atom is 0.339 e. The standard InChI is InChI=1S/C13H11N3O5/c1-8-2-3-12(11(4-8)16(19)20)21-6-10-9(13(17)18)5-14-7-15-10/h2-5,7H,6H2,1H3,(H,17,18). The number of rotatable bonds is 5. The minimum atomic E-state index is -1.19. The number of hydrogen-bond acceptors (Lipinski definition) is 6. The van der Waals surface area contributed by atoms with E-state index in [2.05, 4.69) is 9.97 Å². The molecule has 21 heavy (non-hydrogen) atoms. The van der Waals surface area contributed by atoms with E-state index in [1.54, 1.807) is 13.0 Å². The van der Waals surface area contributed by atoms with Crippen molar-refractivity contribution in [3.8, 4) is 5.75 Å². The number of carboxylic acid groups (broad SMARTS) is 1. The number of hydrogen-bond donors (Lipinski definition) is 1. The zero-order valence-corrected chi connectivity index (χ0v) is 11.0. The van der Waals surface area contributed by atoms with Crippen molar-refractivity contribution in [1.29, 1.82) is 0 Å². The van der Waals surface area contributed by atoms with Crippen LogP contribution in [0.2, 0.25) is 0 Å². The van der Waals surface area contributed by atoms with Gasteiger partial charge < -0.3 is 9.84 Å². The van der Waals surface area contributed by atoms with E-state index in [0.717, 1.165) is 11.8 Å². The molecule has 0 bridgehead atoms. The third-order valence-electron chi connectivity index (χ3n) is 2.70. The number of ether oxygens (including phenoxy) is 1. The molecule has 0 aliphatic rings. The Morgan fingerprint density at radius 2 is 2.24 bits per heavy atom. The van der Waals surface area contributed by atoms with Gasteiger partial charge in [0.1, 0.15) is 18.5 Å². The first-order valence-electron chi connectivity index (χ1n) is 5.89. The summed E-state index contributed by atoms with van der Waals surface area (Å²) in [5, 5.41) is 20.0. The number of nitrogens with zero attached hydrogens (tertiary/aromatic N) is 3. The van der Waals surface area contributed by atoms with Gasteiger partial charge in [-0.15, -0.1) is 0 Å². The van der Waals surface area contributed by atoms with Gasteiger partial charge in [0.2, 0.25) is 0 Å². The van der Waals surface area contributed by atoms with Crippen LogP contribution in [-0.2, 0) is 6.61 Å². The van der Waals surface area contributed by atoms with Gasteiger partial charge in [0.15, 0.2) is 5.75 Å². The van der Waals surface area contributed by atoms with Crippen molar-refractivity contribution in [3.05, 3.63) is 57.7 Å². The summed E-state index contributed by atoms with van der Waals surface area (Å²) >= 11 is 0. The van der Waals surface area contributed by atoms with Crippen molar-refractivity contribution in [2.75, 3.05) is 0 Å². The molecule has 2 aromatic rings. The number of nitro groups is 1. The smallest absolute Gasteiger partial charge is 0.339 e. The van der Waals surface area contributed by atoms with Gasteiger partial charge in [-0.3, -0.25) is 10.1 Å². The van der Waals surface area contributed by atoms with Gasteiger partial charge in [0.05, 0.1) is 10.6 Å². The minimum Gasteiger partial charge on any atom is -0.480 e. The highest BCUT2D eigenvalue weighted by atomic mass is 16.6. The van der Waals surface area contributed by atoms with Gasteiger partial charge in [0.25, 0.3) is 0 Å². The molecule has 1 heterocycles. The average Bonchev–Trinajstić information content (AvgIpc) is 2.46. The number of aromatic carboxylic acids is 1. The first-order valence-corrected chi connectivity index (χ1v) is 5.89. The van der Waals surface area contributed by atoms with E-state index < -0.39 is 10.9 Å². The van der Waals surface area contributed by atoms with Crippen LogP contribution in [0, 0.1) is 17.0 Å². The van der Waals surface area contributed by atoms with E-state index in [1.807, 2.05) is 0 Å². The van der Waals surface area contributed by atoms with Crippen LogP contribution < -0.4 is 4.74 Å². The van der Waals surface area contributed by atoms with Crippen LogP contribution >= 0.6 is 0 Å². The third-order valence-corrected chi connectivity index (χ3v) is 2.70. The lowest BCUT2D eigenvalue weighted by atomic mass is 10.2. The number of aryl methyl sites for hydroxylation is 1. The molecule has 8 nitrogen and oxygen atoms in total. The lowest BCUT2D eigenvalue weighted by Gasteiger charge is -2.08. The lowest BCUT2D eigenvalue weighted by Crippen LogP contribution is -2.09. The van der Waals surface area contributed by atoms with Crippen LogP contribution in [0.3, 0.4) is 0 Å². The topological polar surface area (TPSA) is 115 Å². The molecule has 108 valence electrons.